The van der Waals surface area contributed by atoms with Crippen LogP contribution in [0.3, 0.4) is 0 Å². The molecule has 8 heteroatoms. The number of hydrogen-bond acceptors (Lipinski definition) is 6. The number of anilines is 1. The molecule has 3 aliphatic carbocycles. The highest BCUT2D eigenvalue weighted by Crippen LogP contribution is 2.58. The standard InChI is InChI=1S/C21H22ClN5O2/c22-21-25-19(24-14(11-6-7-11)10-4-2-1-3-5-10)15-20(26-21)27(9-23-15)16-12-8-13(12)17(28)18(16)29/h1-5,9,11-14,16-18,28-29H,6-8H2,(H,24,25,26)/t12-,13+,14+,16+,17+,18-/m0/s1. The van der Waals surface area contributed by atoms with Crippen molar-refractivity contribution in [1.29, 1.82) is 0 Å². The van der Waals surface area contributed by atoms with Crippen molar-refractivity contribution < 1.29 is 10.2 Å². The summed E-state index contributed by atoms with van der Waals surface area (Å²) in [6, 6.07) is 10.3. The van der Waals surface area contributed by atoms with Crippen LogP contribution in [0.25, 0.3) is 11.2 Å². The molecule has 7 nitrogen and oxygen atoms in total. The van der Waals surface area contributed by atoms with E-state index in [0.717, 1.165) is 6.42 Å². The minimum Gasteiger partial charge on any atom is -0.390 e. The van der Waals surface area contributed by atoms with Crippen LogP contribution in [0.1, 0.15) is 36.9 Å². The number of rotatable bonds is 5. The fourth-order valence-electron chi connectivity index (χ4n) is 5.02. The zero-order valence-electron chi connectivity index (χ0n) is 15.7. The number of aliphatic hydroxyl groups excluding tert-OH is 2. The van der Waals surface area contributed by atoms with Crippen molar-refractivity contribution in [3.63, 3.8) is 0 Å². The second-order valence-electron chi connectivity index (χ2n) is 8.57. The van der Waals surface area contributed by atoms with Crippen LogP contribution in [0.4, 0.5) is 5.82 Å². The first-order chi connectivity index (χ1) is 14.1. The van der Waals surface area contributed by atoms with Crippen LogP contribution in [0.5, 0.6) is 0 Å². The first-order valence-corrected chi connectivity index (χ1v) is 10.6. The number of fused-ring (bicyclic) bond motifs is 2. The van der Waals surface area contributed by atoms with Gasteiger partial charge in [0.05, 0.1) is 24.5 Å². The smallest absolute Gasteiger partial charge is 0.226 e. The average molecular weight is 412 g/mol. The number of imidazole rings is 1. The van der Waals surface area contributed by atoms with Crippen molar-refractivity contribution in [3.05, 3.63) is 47.5 Å². The van der Waals surface area contributed by atoms with Gasteiger partial charge in [-0.05, 0) is 54.2 Å². The normalized spacial score (nSPS) is 31.6. The molecule has 2 aromatic heterocycles. The third-order valence-corrected chi connectivity index (χ3v) is 6.90. The quantitative estimate of drug-likeness (QED) is 0.558. The van der Waals surface area contributed by atoms with Gasteiger partial charge in [0.25, 0.3) is 0 Å². The van der Waals surface area contributed by atoms with Gasteiger partial charge in [0.15, 0.2) is 17.0 Å². The summed E-state index contributed by atoms with van der Waals surface area (Å²) < 4.78 is 1.87. The van der Waals surface area contributed by atoms with E-state index in [4.69, 9.17) is 11.6 Å². The first kappa shape index (κ1) is 17.6. The highest BCUT2D eigenvalue weighted by Gasteiger charge is 2.60. The molecule has 6 atom stereocenters. The van der Waals surface area contributed by atoms with Gasteiger partial charge >= 0.3 is 0 Å². The molecule has 3 aromatic rings. The van der Waals surface area contributed by atoms with Crippen molar-refractivity contribution in [2.45, 2.75) is 43.6 Å². The second kappa shape index (κ2) is 6.39. The topological polar surface area (TPSA) is 96.1 Å². The maximum absolute atomic E-state index is 10.5. The Balaban J connectivity index is 1.40. The summed E-state index contributed by atoms with van der Waals surface area (Å²) >= 11 is 6.28. The van der Waals surface area contributed by atoms with Gasteiger partial charge in [-0.2, -0.15) is 9.97 Å². The average Bonchev–Trinajstić information content (AvgIpc) is 3.63. The lowest BCUT2D eigenvalue weighted by atomic mass is 10.0. The molecule has 0 unspecified atom stereocenters. The molecule has 3 saturated carbocycles. The number of benzene rings is 1. The molecular formula is C21H22ClN5O2. The van der Waals surface area contributed by atoms with Crippen molar-refractivity contribution in [2.24, 2.45) is 17.8 Å². The van der Waals surface area contributed by atoms with Gasteiger partial charge in [0.1, 0.15) is 6.10 Å². The SMILES string of the molecule is O[C@@H]1[C@H](O)[C@@H]2C[C@@H]2[C@H]1n1cnc2c(N[C@H](c3ccccc3)C3CC3)nc(Cl)nc21. The van der Waals surface area contributed by atoms with E-state index < -0.39 is 12.2 Å². The van der Waals surface area contributed by atoms with Crippen LogP contribution in [-0.2, 0) is 0 Å². The fourth-order valence-corrected chi connectivity index (χ4v) is 5.18. The molecule has 0 amide bonds. The Labute approximate surface area is 172 Å². The summed E-state index contributed by atoms with van der Waals surface area (Å²) in [5.41, 5.74) is 2.45. The van der Waals surface area contributed by atoms with Crippen molar-refractivity contribution in [3.8, 4) is 0 Å². The van der Waals surface area contributed by atoms with Gasteiger partial charge in [0.2, 0.25) is 5.28 Å². The first-order valence-electron chi connectivity index (χ1n) is 10.2. The third kappa shape index (κ3) is 2.83. The molecule has 29 heavy (non-hydrogen) atoms. The number of halogens is 1. The Hall–Kier alpha value is -2.22. The van der Waals surface area contributed by atoms with Crippen LogP contribution >= 0.6 is 11.6 Å². The number of aromatic nitrogens is 4. The molecular weight excluding hydrogens is 390 g/mol. The molecule has 6 rings (SSSR count). The van der Waals surface area contributed by atoms with Gasteiger partial charge in [-0.3, -0.25) is 0 Å². The maximum atomic E-state index is 10.5. The molecule has 1 aromatic carbocycles. The lowest BCUT2D eigenvalue weighted by Gasteiger charge is -2.22. The molecule has 0 radical (unpaired) electrons. The summed E-state index contributed by atoms with van der Waals surface area (Å²) in [5, 5.41) is 24.4. The molecule has 2 heterocycles. The molecule has 0 aliphatic heterocycles. The summed E-state index contributed by atoms with van der Waals surface area (Å²) in [6.45, 7) is 0. The fraction of sp³-hybridized carbons (Fsp3) is 0.476. The lowest BCUT2D eigenvalue weighted by Crippen LogP contribution is -2.31. The summed E-state index contributed by atoms with van der Waals surface area (Å²) in [7, 11) is 0. The summed E-state index contributed by atoms with van der Waals surface area (Å²) in [6.07, 6.45) is 3.47. The number of nitrogens with one attached hydrogen (secondary N) is 1. The molecule has 0 spiro atoms. The van der Waals surface area contributed by atoms with Gasteiger partial charge in [0, 0.05) is 0 Å². The molecule has 150 valence electrons. The van der Waals surface area contributed by atoms with E-state index >= 15 is 0 Å². The van der Waals surface area contributed by atoms with E-state index in [1.165, 1.54) is 18.4 Å². The Morgan fingerprint density at radius 3 is 2.55 bits per heavy atom. The zero-order chi connectivity index (χ0) is 19.7. The van der Waals surface area contributed by atoms with Crippen LogP contribution in [0, 0.1) is 17.8 Å². The van der Waals surface area contributed by atoms with Crippen molar-refractivity contribution in [1.82, 2.24) is 19.5 Å². The van der Waals surface area contributed by atoms with E-state index in [1.54, 1.807) is 6.33 Å². The van der Waals surface area contributed by atoms with Gasteiger partial charge < -0.3 is 20.1 Å². The van der Waals surface area contributed by atoms with Crippen LogP contribution in [0.15, 0.2) is 36.7 Å². The van der Waals surface area contributed by atoms with Gasteiger partial charge in [-0.25, -0.2) is 4.98 Å². The minimum absolute atomic E-state index is 0.141. The highest BCUT2D eigenvalue weighted by molar-refractivity contribution is 6.28. The number of hydrogen-bond donors (Lipinski definition) is 3. The predicted molar refractivity (Wildman–Crippen MR) is 109 cm³/mol. The summed E-state index contributed by atoms with van der Waals surface area (Å²) in [5.74, 6) is 1.59. The molecule has 3 fully saturated rings. The van der Waals surface area contributed by atoms with Gasteiger partial charge in [-0.15, -0.1) is 0 Å². The minimum atomic E-state index is -0.815. The maximum Gasteiger partial charge on any atom is 0.226 e. The molecule has 3 aliphatic rings. The van der Waals surface area contributed by atoms with E-state index in [9.17, 15) is 10.2 Å². The van der Waals surface area contributed by atoms with Crippen LogP contribution in [-0.4, -0.2) is 41.9 Å². The Morgan fingerprint density at radius 2 is 1.86 bits per heavy atom. The monoisotopic (exact) mass is 411 g/mol. The van der Waals surface area contributed by atoms with Crippen molar-refractivity contribution in [2.75, 3.05) is 5.32 Å². The third-order valence-electron chi connectivity index (χ3n) is 6.73. The Kier molecular flexibility index (Phi) is 3.88. The van der Waals surface area contributed by atoms with Crippen LogP contribution in [0.2, 0.25) is 5.28 Å². The largest absolute Gasteiger partial charge is 0.390 e. The van der Waals surface area contributed by atoms with E-state index in [0.29, 0.717) is 22.9 Å². The van der Waals surface area contributed by atoms with Crippen molar-refractivity contribution >= 4 is 28.6 Å². The zero-order valence-corrected chi connectivity index (χ0v) is 16.4. The molecule has 0 saturated heterocycles. The van der Waals surface area contributed by atoms with E-state index in [2.05, 4.69) is 32.4 Å². The van der Waals surface area contributed by atoms with E-state index in [-0.39, 0.29) is 29.2 Å². The number of nitrogens with zero attached hydrogens (tertiary/aromatic N) is 4. The Morgan fingerprint density at radius 1 is 1.07 bits per heavy atom. The summed E-state index contributed by atoms with van der Waals surface area (Å²) in [4.78, 5) is 13.4. The van der Waals surface area contributed by atoms with Crippen LogP contribution < -0.4 is 5.32 Å². The van der Waals surface area contributed by atoms with Gasteiger partial charge in [-0.1, -0.05) is 30.3 Å². The second-order valence-corrected chi connectivity index (χ2v) is 8.91. The number of aliphatic hydroxyl groups is 2. The molecule has 3 N–H and O–H groups in total. The molecule has 0 bridgehead atoms. The Bertz CT molecular complexity index is 1070. The highest BCUT2D eigenvalue weighted by atomic mass is 35.5. The lowest BCUT2D eigenvalue weighted by molar-refractivity contribution is 0.00386. The predicted octanol–water partition coefficient (Wildman–Crippen LogP) is 2.96. The van der Waals surface area contributed by atoms with E-state index in [1.807, 2.05) is 22.8 Å².